The van der Waals surface area contributed by atoms with Crippen LogP contribution in [0.5, 0.6) is 0 Å². The van der Waals surface area contributed by atoms with Crippen LogP contribution in [-0.4, -0.2) is 36.0 Å². The van der Waals surface area contributed by atoms with Gasteiger partial charge < -0.3 is 0 Å². The van der Waals surface area contributed by atoms with Crippen molar-refractivity contribution in [1.29, 1.82) is 0 Å². The normalized spacial score (nSPS) is 14.8. The van der Waals surface area contributed by atoms with Crippen molar-refractivity contribution in [3.63, 3.8) is 0 Å². The van der Waals surface area contributed by atoms with Gasteiger partial charge in [-0.25, -0.2) is 0 Å². The minimum atomic E-state index is -4.09. The fourth-order valence-corrected chi connectivity index (χ4v) is 1.68. The van der Waals surface area contributed by atoms with E-state index in [9.17, 15) is 13.2 Å². The average molecular weight is 276 g/mol. The van der Waals surface area contributed by atoms with Crippen molar-refractivity contribution in [3.8, 4) is 0 Å². The molecule has 0 rings (SSSR count). The summed E-state index contributed by atoms with van der Waals surface area (Å²) >= 11 is 3.16. The SMILES string of the molecule is CCC(C)CN(CCBr)CC(F)(F)F. The van der Waals surface area contributed by atoms with Gasteiger partial charge in [0.15, 0.2) is 0 Å². The Hall–Kier alpha value is 0.230. The van der Waals surface area contributed by atoms with Gasteiger partial charge in [-0.15, -0.1) is 0 Å². The van der Waals surface area contributed by atoms with E-state index >= 15 is 0 Å². The van der Waals surface area contributed by atoms with E-state index in [1.807, 2.05) is 13.8 Å². The zero-order chi connectivity index (χ0) is 11.2. The molecule has 0 radical (unpaired) electrons. The molecular weight excluding hydrogens is 259 g/mol. The van der Waals surface area contributed by atoms with Gasteiger partial charge in [-0.3, -0.25) is 4.90 Å². The highest BCUT2D eigenvalue weighted by molar-refractivity contribution is 9.09. The highest BCUT2D eigenvalue weighted by atomic mass is 79.9. The van der Waals surface area contributed by atoms with Gasteiger partial charge in [0, 0.05) is 18.4 Å². The molecule has 0 aliphatic carbocycles. The smallest absolute Gasteiger partial charge is 0.294 e. The van der Waals surface area contributed by atoms with Crippen LogP contribution >= 0.6 is 15.9 Å². The van der Waals surface area contributed by atoms with E-state index in [4.69, 9.17) is 0 Å². The van der Waals surface area contributed by atoms with Crippen LogP contribution in [0.4, 0.5) is 13.2 Å². The van der Waals surface area contributed by atoms with Crippen molar-refractivity contribution in [2.75, 3.05) is 25.0 Å². The molecule has 0 spiro atoms. The monoisotopic (exact) mass is 275 g/mol. The number of hydrogen-bond acceptors (Lipinski definition) is 1. The molecule has 1 atom stereocenters. The summed E-state index contributed by atoms with van der Waals surface area (Å²) < 4.78 is 36.4. The Balaban J connectivity index is 4.01. The second-order valence-corrected chi connectivity index (χ2v) is 4.35. The number of rotatable bonds is 6. The van der Waals surface area contributed by atoms with Crippen LogP contribution in [-0.2, 0) is 0 Å². The number of halogens is 4. The second kappa shape index (κ2) is 6.67. The first-order valence-electron chi connectivity index (χ1n) is 4.74. The fourth-order valence-electron chi connectivity index (χ4n) is 1.18. The topological polar surface area (TPSA) is 3.24 Å². The molecule has 0 bridgehead atoms. The summed E-state index contributed by atoms with van der Waals surface area (Å²) in [6, 6.07) is 0. The number of nitrogens with zero attached hydrogens (tertiary/aromatic N) is 1. The zero-order valence-electron chi connectivity index (χ0n) is 8.57. The van der Waals surface area contributed by atoms with E-state index in [1.54, 1.807) is 0 Å². The molecule has 0 saturated carbocycles. The zero-order valence-corrected chi connectivity index (χ0v) is 10.2. The maximum Gasteiger partial charge on any atom is 0.401 e. The maximum atomic E-state index is 12.1. The molecule has 0 aliphatic heterocycles. The third-order valence-corrected chi connectivity index (χ3v) is 2.43. The number of alkyl halides is 4. The summed E-state index contributed by atoms with van der Waals surface area (Å²) in [5, 5.41) is 0.583. The molecule has 0 fully saturated rings. The first-order chi connectivity index (χ1) is 6.39. The Morgan fingerprint density at radius 2 is 1.93 bits per heavy atom. The molecule has 0 aromatic rings. The van der Waals surface area contributed by atoms with Gasteiger partial charge in [-0.2, -0.15) is 13.2 Å². The van der Waals surface area contributed by atoms with E-state index < -0.39 is 12.7 Å². The third-order valence-electron chi connectivity index (χ3n) is 2.07. The Kier molecular flexibility index (Phi) is 6.78. The summed E-state index contributed by atoms with van der Waals surface area (Å²) in [6.07, 6.45) is -3.17. The number of hydrogen-bond donors (Lipinski definition) is 0. The van der Waals surface area contributed by atoms with Gasteiger partial charge in [0.25, 0.3) is 0 Å². The van der Waals surface area contributed by atoms with Crippen LogP contribution in [0.3, 0.4) is 0 Å². The van der Waals surface area contributed by atoms with Crippen LogP contribution in [0.1, 0.15) is 20.3 Å². The van der Waals surface area contributed by atoms with Crippen molar-refractivity contribution < 1.29 is 13.2 Å². The van der Waals surface area contributed by atoms with Crippen LogP contribution in [0.15, 0.2) is 0 Å². The van der Waals surface area contributed by atoms with Crippen molar-refractivity contribution in [1.82, 2.24) is 4.90 Å². The van der Waals surface area contributed by atoms with Gasteiger partial charge >= 0.3 is 6.18 Å². The molecule has 1 nitrogen and oxygen atoms in total. The van der Waals surface area contributed by atoms with E-state index in [0.29, 0.717) is 24.3 Å². The van der Waals surface area contributed by atoms with Crippen LogP contribution in [0, 0.1) is 5.92 Å². The first kappa shape index (κ1) is 14.2. The molecule has 0 heterocycles. The lowest BCUT2D eigenvalue weighted by atomic mass is 10.1. The summed E-state index contributed by atoms with van der Waals surface area (Å²) in [5.74, 6) is 0.316. The Morgan fingerprint density at radius 3 is 2.29 bits per heavy atom. The van der Waals surface area contributed by atoms with Crippen LogP contribution in [0.2, 0.25) is 0 Å². The molecule has 1 unspecified atom stereocenters. The van der Waals surface area contributed by atoms with Crippen LogP contribution < -0.4 is 0 Å². The van der Waals surface area contributed by atoms with E-state index in [2.05, 4.69) is 15.9 Å². The molecule has 5 heteroatoms. The van der Waals surface area contributed by atoms with Gasteiger partial charge in [-0.05, 0) is 5.92 Å². The molecule has 0 saturated heterocycles. The minimum Gasteiger partial charge on any atom is -0.294 e. The molecule has 0 aromatic heterocycles. The Bertz CT molecular complexity index is 149. The summed E-state index contributed by atoms with van der Waals surface area (Å²) in [6.45, 7) is 4.12. The molecule has 0 aromatic carbocycles. The second-order valence-electron chi connectivity index (χ2n) is 3.55. The summed E-state index contributed by atoms with van der Waals surface area (Å²) in [5.41, 5.74) is 0. The van der Waals surface area contributed by atoms with Crippen molar-refractivity contribution in [2.45, 2.75) is 26.4 Å². The summed E-state index contributed by atoms with van der Waals surface area (Å²) in [4.78, 5) is 1.45. The molecule has 14 heavy (non-hydrogen) atoms. The van der Waals surface area contributed by atoms with Gasteiger partial charge in [0.2, 0.25) is 0 Å². The molecule has 0 amide bonds. The highest BCUT2D eigenvalue weighted by Gasteiger charge is 2.30. The molecule has 86 valence electrons. The average Bonchev–Trinajstić information content (AvgIpc) is 2.01. The molecular formula is C9H17BrF3N. The van der Waals surface area contributed by atoms with E-state index in [0.717, 1.165) is 6.42 Å². The van der Waals surface area contributed by atoms with Gasteiger partial charge in [0.05, 0.1) is 6.54 Å². The Morgan fingerprint density at radius 1 is 1.36 bits per heavy atom. The van der Waals surface area contributed by atoms with Gasteiger partial charge in [-0.1, -0.05) is 36.2 Å². The van der Waals surface area contributed by atoms with Crippen molar-refractivity contribution in [3.05, 3.63) is 0 Å². The third kappa shape index (κ3) is 7.62. The molecule has 0 aliphatic rings. The first-order valence-corrected chi connectivity index (χ1v) is 5.86. The lowest BCUT2D eigenvalue weighted by Gasteiger charge is -2.25. The maximum absolute atomic E-state index is 12.1. The highest BCUT2D eigenvalue weighted by Crippen LogP contribution is 2.17. The predicted molar refractivity (Wildman–Crippen MR) is 55.7 cm³/mol. The lowest BCUT2D eigenvalue weighted by Crippen LogP contribution is -2.38. The van der Waals surface area contributed by atoms with Crippen LogP contribution in [0.25, 0.3) is 0 Å². The molecule has 0 N–H and O–H groups in total. The van der Waals surface area contributed by atoms with Crippen molar-refractivity contribution in [2.24, 2.45) is 5.92 Å². The summed E-state index contributed by atoms with van der Waals surface area (Å²) in [7, 11) is 0. The lowest BCUT2D eigenvalue weighted by molar-refractivity contribution is -0.146. The standard InChI is InChI=1S/C9H17BrF3N/c1-3-8(2)6-14(5-4-10)7-9(11,12)13/h8H,3-7H2,1-2H3. The van der Waals surface area contributed by atoms with Gasteiger partial charge in [0.1, 0.15) is 0 Å². The van der Waals surface area contributed by atoms with E-state index in [-0.39, 0.29) is 0 Å². The Labute approximate surface area is 91.8 Å². The quantitative estimate of drug-likeness (QED) is 0.673. The van der Waals surface area contributed by atoms with E-state index in [1.165, 1.54) is 4.90 Å². The minimum absolute atomic E-state index is 0.316. The largest absolute Gasteiger partial charge is 0.401 e. The predicted octanol–water partition coefficient (Wildman–Crippen LogP) is 3.29. The van der Waals surface area contributed by atoms with Crippen molar-refractivity contribution >= 4 is 15.9 Å². The fraction of sp³-hybridized carbons (Fsp3) is 1.00.